The summed E-state index contributed by atoms with van der Waals surface area (Å²) in [5.41, 5.74) is 4.95. The van der Waals surface area contributed by atoms with E-state index < -0.39 is 0 Å². The number of carbonyl (C=O) groups is 2. The molecule has 0 saturated heterocycles. The molecule has 9 nitrogen and oxygen atoms in total. The fourth-order valence-corrected chi connectivity index (χ4v) is 4.34. The van der Waals surface area contributed by atoms with Crippen molar-refractivity contribution in [3.05, 3.63) is 58.7 Å². The molecule has 0 aliphatic rings. The molecule has 0 spiro atoms. The molecule has 0 aromatic heterocycles. The summed E-state index contributed by atoms with van der Waals surface area (Å²) in [4.78, 5) is 28.5. The lowest BCUT2D eigenvalue weighted by Crippen LogP contribution is -2.31. The average Bonchev–Trinajstić information content (AvgIpc) is 2.91. The van der Waals surface area contributed by atoms with Crippen LogP contribution in [0.4, 0.5) is 5.69 Å². The van der Waals surface area contributed by atoms with Gasteiger partial charge in [-0.25, -0.2) is 0 Å². The van der Waals surface area contributed by atoms with Gasteiger partial charge in [0, 0.05) is 32.0 Å². The third kappa shape index (κ3) is 14.1. The molecule has 0 unspecified atom stereocenters. The summed E-state index contributed by atoms with van der Waals surface area (Å²) < 4.78 is 22.4. The molecule has 9 heteroatoms. The third-order valence-electron chi connectivity index (χ3n) is 6.58. The lowest BCUT2D eigenvalue weighted by atomic mass is 10.1. The van der Waals surface area contributed by atoms with Crippen LogP contribution in [0.25, 0.3) is 0 Å². The number of esters is 1. The summed E-state index contributed by atoms with van der Waals surface area (Å²) in [5, 5.41) is 3.02. The molecule has 0 heterocycles. The second kappa shape index (κ2) is 19.3. The molecular formula is C32H49N3O6. The van der Waals surface area contributed by atoms with E-state index in [0.29, 0.717) is 51.9 Å². The summed E-state index contributed by atoms with van der Waals surface area (Å²) in [6.07, 6.45) is 1.66. The molecule has 1 N–H and O–H groups in total. The van der Waals surface area contributed by atoms with E-state index in [1.165, 1.54) is 0 Å². The van der Waals surface area contributed by atoms with Gasteiger partial charge in [0.25, 0.3) is 0 Å². The molecule has 2 aromatic carbocycles. The van der Waals surface area contributed by atoms with Crippen molar-refractivity contribution in [2.24, 2.45) is 0 Å². The number of hydrogen-bond acceptors (Lipinski definition) is 8. The molecule has 0 bridgehead atoms. The second-order valence-corrected chi connectivity index (χ2v) is 10.5. The first-order chi connectivity index (χ1) is 19.7. The highest BCUT2D eigenvalue weighted by molar-refractivity contribution is 5.93. The van der Waals surface area contributed by atoms with Gasteiger partial charge in [-0.05, 0) is 76.9 Å². The highest BCUT2D eigenvalue weighted by Crippen LogP contribution is 2.22. The third-order valence-corrected chi connectivity index (χ3v) is 6.58. The molecule has 0 atom stereocenters. The molecule has 0 aliphatic carbocycles. The van der Waals surface area contributed by atoms with Crippen LogP contribution < -0.4 is 10.1 Å². The number of likely N-dealkylation sites (N-methyl/N-ethyl adjacent to an activating group) is 2. The topological polar surface area (TPSA) is 89.6 Å². The van der Waals surface area contributed by atoms with Crippen LogP contribution in [0, 0.1) is 27.7 Å². The lowest BCUT2D eigenvalue weighted by Gasteiger charge is -2.17. The van der Waals surface area contributed by atoms with E-state index in [0.717, 1.165) is 53.9 Å². The van der Waals surface area contributed by atoms with Crippen LogP contribution in [0.5, 0.6) is 5.75 Å². The first kappa shape index (κ1) is 34.4. The first-order valence-electron chi connectivity index (χ1n) is 14.4. The smallest absolute Gasteiger partial charge is 0.325 e. The van der Waals surface area contributed by atoms with Gasteiger partial charge in [0.15, 0.2) is 0 Å². The molecule has 41 heavy (non-hydrogen) atoms. The van der Waals surface area contributed by atoms with E-state index in [2.05, 4.69) is 5.32 Å². The van der Waals surface area contributed by atoms with Crippen molar-refractivity contribution in [1.29, 1.82) is 0 Å². The van der Waals surface area contributed by atoms with Crippen molar-refractivity contribution in [1.82, 2.24) is 9.80 Å². The second-order valence-electron chi connectivity index (χ2n) is 10.5. The fourth-order valence-electron chi connectivity index (χ4n) is 4.34. The largest absolute Gasteiger partial charge is 0.425 e. The van der Waals surface area contributed by atoms with E-state index >= 15 is 0 Å². The summed E-state index contributed by atoms with van der Waals surface area (Å²) >= 11 is 0. The van der Waals surface area contributed by atoms with Gasteiger partial charge in [0.05, 0.1) is 39.5 Å². The first-order valence-corrected chi connectivity index (χ1v) is 14.4. The van der Waals surface area contributed by atoms with Crippen LogP contribution in [-0.2, 0) is 23.8 Å². The predicted molar refractivity (Wildman–Crippen MR) is 163 cm³/mol. The Hall–Kier alpha value is -2.82. The maximum atomic E-state index is 12.4. The lowest BCUT2D eigenvalue weighted by molar-refractivity contribution is -0.135. The van der Waals surface area contributed by atoms with Gasteiger partial charge in [0.2, 0.25) is 5.91 Å². The van der Waals surface area contributed by atoms with Crippen LogP contribution in [0.2, 0.25) is 0 Å². The van der Waals surface area contributed by atoms with Gasteiger partial charge in [-0.3, -0.25) is 19.4 Å². The number of benzene rings is 2. The Balaban J connectivity index is 1.39. The standard InChI is InChI=1S/C32H49N3O6/c1-25-11-7-12-26(2)31(25)33-29(36)23-34(5)15-9-17-38-19-21-40-22-20-39-18-10-16-35(6)24-30(37)41-32-27(3)13-8-14-28(32)4/h7-8,11-14H,9-10,15-24H2,1-6H3,(H,33,36). The minimum atomic E-state index is -0.259. The van der Waals surface area contributed by atoms with Gasteiger partial charge in [0.1, 0.15) is 5.75 Å². The Bertz CT molecular complexity index is 953. The molecule has 0 aliphatic heterocycles. The van der Waals surface area contributed by atoms with Crippen molar-refractivity contribution in [2.75, 3.05) is 85.2 Å². The molecular weight excluding hydrogens is 522 g/mol. The number of hydrogen-bond donors (Lipinski definition) is 1. The van der Waals surface area contributed by atoms with E-state index in [1.54, 1.807) is 0 Å². The van der Waals surface area contributed by atoms with Gasteiger partial charge in [-0.15, -0.1) is 0 Å². The summed E-state index contributed by atoms with van der Waals surface area (Å²) in [7, 11) is 3.84. The Morgan fingerprint density at radius 3 is 1.61 bits per heavy atom. The van der Waals surface area contributed by atoms with Crippen LogP contribution in [0.15, 0.2) is 36.4 Å². The quantitative estimate of drug-likeness (QED) is 0.144. The molecule has 0 saturated carbocycles. The SMILES string of the molecule is Cc1cccc(C)c1NC(=O)CN(C)CCCOCCOCCOCCCN(C)CC(=O)Oc1c(C)cccc1C. The summed E-state index contributed by atoms with van der Waals surface area (Å²) in [5.74, 6) is 0.380. The highest BCUT2D eigenvalue weighted by Gasteiger charge is 2.12. The number of amides is 1. The molecule has 0 fully saturated rings. The Labute approximate surface area is 246 Å². The summed E-state index contributed by atoms with van der Waals surface area (Å²) in [6, 6.07) is 11.8. The van der Waals surface area contributed by atoms with Crippen molar-refractivity contribution in [3.63, 3.8) is 0 Å². The van der Waals surface area contributed by atoms with Crippen LogP contribution in [0.3, 0.4) is 0 Å². The van der Waals surface area contributed by atoms with Crippen LogP contribution in [-0.4, -0.2) is 102 Å². The molecule has 2 aromatic rings. The van der Waals surface area contributed by atoms with E-state index in [4.69, 9.17) is 18.9 Å². The number of rotatable bonds is 20. The van der Waals surface area contributed by atoms with Gasteiger partial charge < -0.3 is 24.3 Å². The predicted octanol–water partition coefficient (Wildman–Crippen LogP) is 4.16. The summed E-state index contributed by atoms with van der Waals surface area (Å²) in [6.45, 7) is 13.3. The maximum absolute atomic E-state index is 12.4. The molecule has 2 rings (SSSR count). The zero-order valence-corrected chi connectivity index (χ0v) is 25.8. The molecule has 1 amide bonds. The van der Waals surface area contributed by atoms with Crippen molar-refractivity contribution in [3.8, 4) is 5.75 Å². The number of carbonyl (C=O) groups excluding carboxylic acids is 2. The number of nitrogens with zero attached hydrogens (tertiary/aromatic N) is 2. The van der Waals surface area contributed by atoms with Gasteiger partial charge in [-0.2, -0.15) is 0 Å². The highest BCUT2D eigenvalue weighted by atomic mass is 16.5. The Kier molecular flexibility index (Phi) is 16.2. The van der Waals surface area contributed by atoms with E-state index in [1.807, 2.05) is 88.0 Å². The number of aryl methyl sites for hydroxylation is 4. The van der Waals surface area contributed by atoms with Gasteiger partial charge >= 0.3 is 5.97 Å². The van der Waals surface area contributed by atoms with Gasteiger partial charge in [-0.1, -0.05) is 36.4 Å². The maximum Gasteiger partial charge on any atom is 0.325 e. The zero-order valence-electron chi connectivity index (χ0n) is 25.8. The normalized spacial score (nSPS) is 11.3. The minimum Gasteiger partial charge on any atom is -0.425 e. The number of ether oxygens (including phenoxy) is 4. The average molecular weight is 572 g/mol. The van der Waals surface area contributed by atoms with Crippen molar-refractivity contribution in [2.45, 2.75) is 40.5 Å². The van der Waals surface area contributed by atoms with Crippen molar-refractivity contribution >= 4 is 17.6 Å². The van der Waals surface area contributed by atoms with Crippen molar-refractivity contribution < 1.29 is 28.5 Å². The van der Waals surface area contributed by atoms with Crippen LogP contribution in [0.1, 0.15) is 35.1 Å². The van der Waals surface area contributed by atoms with E-state index in [9.17, 15) is 9.59 Å². The minimum absolute atomic E-state index is 0.0119. The number of para-hydroxylation sites is 2. The Morgan fingerprint density at radius 2 is 1.10 bits per heavy atom. The molecule has 0 radical (unpaired) electrons. The number of anilines is 1. The van der Waals surface area contributed by atoms with E-state index in [-0.39, 0.29) is 18.4 Å². The zero-order chi connectivity index (χ0) is 30.0. The monoisotopic (exact) mass is 571 g/mol. The molecule has 228 valence electrons. The van der Waals surface area contributed by atoms with Crippen LogP contribution >= 0.6 is 0 Å². The Morgan fingerprint density at radius 1 is 0.659 bits per heavy atom. The number of nitrogens with one attached hydrogen (secondary N) is 1. The fraction of sp³-hybridized carbons (Fsp3) is 0.562.